The van der Waals surface area contributed by atoms with Gasteiger partial charge in [-0.15, -0.1) is 0 Å². The van der Waals surface area contributed by atoms with Gasteiger partial charge in [0, 0.05) is 14.0 Å². The topological polar surface area (TPSA) is 87.7 Å². The molecule has 1 rings (SSSR count). The third-order valence-corrected chi connectivity index (χ3v) is 2.78. The minimum atomic E-state index is -0.755. The van der Waals surface area contributed by atoms with Crippen molar-refractivity contribution in [3.05, 3.63) is 29.8 Å². The largest absolute Gasteiger partial charge is 0.508 e. The van der Waals surface area contributed by atoms with Crippen LogP contribution in [-0.2, 0) is 20.9 Å². The molecule has 6 heteroatoms. The summed E-state index contributed by atoms with van der Waals surface area (Å²) in [7, 11) is 1.50. The van der Waals surface area contributed by atoms with Gasteiger partial charge in [-0.2, -0.15) is 0 Å². The summed E-state index contributed by atoms with van der Waals surface area (Å²) >= 11 is 0. The average Bonchev–Trinajstić information content (AvgIpc) is 2.41. The summed E-state index contributed by atoms with van der Waals surface area (Å²) in [6, 6.07) is 5.91. The first-order chi connectivity index (χ1) is 9.43. The Morgan fingerprint density at radius 2 is 2.10 bits per heavy atom. The van der Waals surface area contributed by atoms with E-state index >= 15 is 0 Å². The van der Waals surface area contributed by atoms with Crippen LogP contribution in [0.5, 0.6) is 5.75 Å². The number of hydrogen-bond acceptors (Lipinski definition) is 4. The molecule has 0 spiro atoms. The Morgan fingerprint density at radius 1 is 1.40 bits per heavy atom. The Labute approximate surface area is 118 Å². The van der Waals surface area contributed by atoms with Crippen molar-refractivity contribution in [2.24, 2.45) is 0 Å². The van der Waals surface area contributed by atoms with Crippen molar-refractivity contribution in [3.63, 3.8) is 0 Å². The van der Waals surface area contributed by atoms with Crippen LogP contribution >= 0.6 is 0 Å². The van der Waals surface area contributed by atoms with Crippen molar-refractivity contribution in [3.8, 4) is 5.75 Å². The van der Waals surface area contributed by atoms with Gasteiger partial charge in [0.15, 0.2) is 0 Å². The molecule has 0 bridgehead atoms. The number of amides is 2. The van der Waals surface area contributed by atoms with Gasteiger partial charge >= 0.3 is 0 Å². The highest BCUT2D eigenvalue weighted by Crippen LogP contribution is 2.13. The SMILES string of the molecule is CNC(=O)C(NC(C)=O)C(C)OCc1cccc(O)c1. The van der Waals surface area contributed by atoms with Gasteiger partial charge in [0.05, 0.1) is 12.7 Å². The number of likely N-dealkylation sites (N-methyl/N-ethyl adjacent to an activating group) is 1. The molecule has 0 heterocycles. The highest BCUT2D eigenvalue weighted by Gasteiger charge is 2.25. The summed E-state index contributed by atoms with van der Waals surface area (Å²) in [5.41, 5.74) is 0.787. The summed E-state index contributed by atoms with van der Waals surface area (Å²) < 4.78 is 5.58. The lowest BCUT2D eigenvalue weighted by Gasteiger charge is -2.23. The monoisotopic (exact) mass is 280 g/mol. The summed E-state index contributed by atoms with van der Waals surface area (Å²) in [4.78, 5) is 22.8. The van der Waals surface area contributed by atoms with Crippen molar-refractivity contribution >= 4 is 11.8 Å². The van der Waals surface area contributed by atoms with Crippen molar-refractivity contribution in [1.82, 2.24) is 10.6 Å². The maximum absolute atomic E-state index is 11.7. The number of ether oxygens (including phenoxy) is 1. The zero-order chi connectivity index (χ0) is 15.1. The molecule has 2 unspecified atom stereocenters. The Balaban J connectivity index is 2.63. The number of nitrogens with one attached hydrogen (secondary N) is 2. The van der Waals surface area contributed by atoms with E-state index in [2.05, 4.69) is 10.6 Å². The van der Waals surface area contributed by atoms with Crippen LogP contribution in [0, 0.1) is 0 Å². The second-order valence-electron chi connectivity index (χ2n) is 4.48. The number of carbonyl (C=O) groups is 2. The first-order valence-electron chi connectivity index (χ1n) is 6.32. The van der Waals surface area contributed by atoms with Crippen molar-refractivity contribution in [2.45, 2.75) is 32.6 Å². The maximum Gasteiger partial charge on any atom is 0.245 e. The minimum absolute atomic E-state index is 0.156. The van der Waals surface area contributed by atoms with Gasteiger partial charge in [0.1, 0.15) is 11.8 Å². The van der Waals surface area contributed by atoms with Gasteiger partial charge in [-0.25, -0.2) is 0 Å². The van der Waals surface area contributed by atoms with E-state index in [4.69, 9.17) is 4.74 Å². The lowest BCUT2D eigenvalue weighted by molar-refractivity contribution is -0.132. The normalized spacial score (nSPS) is 13.3. The molecule has 0 fully saturated rings. The molecule has 0 saturated heterocycles. The van der Waals surface area contributed by atoms with Crippen LogP contribution in [-0.4, -0.2) is 36.1 Å². The molecule has 0 radical (unpaired) electrons. The maximum atomic E-state index is 11.7. The molecule has 0 aliphatic rings. The van der Waals surface area contributed by atoms with Gasteiger partial charge in [-0.3, -0.25) is 9.59 Å². The number of aromatic hydroxyl groups is 1. The lowest BCUT2D eigenvalue weighted by atomic mass is 10.1. The van der Waals surface area contributed by atoms with E-state index in [0.717, 1.165) is 5.56 Å². The van der Waals surface area contributed by atoms with E-state index < -0.39 is 12.1 Å². The molecule has 0 aliphatic heterocycles. The highest BCUT2D eigenvalue weighted by molar-refractivity contribution is 5.87. The number of phenolic OH excluding ortho intramolecular Hbond substituents is 1. The van der Waals surface area contributed by atoms with Crippen LogP contribution in [0.15, 0.2) is 24.3 Å². The number of hydrogen-bond donors (Lipinski definition) is 3. The fourth-order valence-corrected chi connectivity index (χ4v) is 1.74. The molecule has 0 aliphatic carbocycles. The number of carbonyl (C=O) groups excluding carboxylic acids is 2. The summed E-state index contributed by atoms with van der Waals surface area (Å²) in [6.45, 7) is 3.29. The lowest BCUT2D eigenvalue weighted by Crippen LogP contribution is -2.51. The molecule has 110 valence electrons. The minimum Gasteiger partial charge on any atom is -0.508 e. The molecule has 3 N–H and O–H groups in total. The molecule has 0 aromatic heterocycles. The van der Waals surface area contributed by atoms with Crippen molar-refractivity contribution in [1.29, 1.82) is 0 Å². The van der Waals surface area contributed by atoms with Crippen molar-refractivity contribution in [2.75, 3.05) is 7.05 Å². The van der Waals surface area contributed by atoms with Crippen LogP contribution in [0.25, 0.3) is 0 Å². The van der Waals surface area contributed by atoms with E-state index in [-0.39, 0.29) is 24.2 Å². The predicted molar refractivity (Wildman–Crippen MR) is 74.0 cm³/mol. The zero-order valence-corrected chi connectivity index (χ0v) is 11.8. The Kier molecular flexibility index (Phi) is 5.99. The van der Waals surface area contributed by atoms with Crippen LogP contribution in [0.1, 0.15) is 19.4 Å². The van der Waals surface area contributed by atoms with E-state index in [9.17, 15) is 14.7 Å². The standard InChI is InChI=1S/C14H20N2O4/c1-9(13(14(19)15-3)16-10(2)17)20-8-11-5-4-6-12(18)7-11/h4-7,9,13,18H,8H2,1-3H3,(H,15,19)(H,16,17). The van der Waals surface area contributed by atoms with E-state index in [0.29, 0.717) is 0 Å². The first-order valence-corrected chi connectivity index (χ1v) is 6.32. The molecular weight excluding hydrogens is 260 g/mol. The zero-order valence-electron chi connectivity index (χ0n) is 11.8. The van der Waals surface area contributed by atoms with E-state index in [1.807, 2.05) is 0 Å². The Bertz CT molecular complexity index is 476. The average molecular weight is 280 g/mol. The fourth-order valence-electron chi connectivity index (χ4n) is 1.74. The van der Waals surface area contributed by atoms with Crippen LogP contribution < -0.4 is 10.6 Å². The summed E-state index contributed by atoms with van der Waals surface area (Å²) in [6.07, 6.45) is -0.499. The smallest absolute Gasteiger partial charge is 0.245 e. The van der Waals surface area contributed by atoms with E-state index in [1.54, 1.807) is 31.2 Å². The van der Waals surface area contributed by atoms with Crippen molar-refractivity contribution < 1.29 is 19.4 Å². The summed E-state index contributed by atoms with van der Waals surface area (Å²) in [5, 5.41) is 14.4. The molecule has 2 atom stereocenters. The van der Waals surface area contributed by atoms with Crippen LogP contribution in [0.3, 0.4) is 0 Å². The van der Waals surface area contributed by atoms with Gasteiger partial charge in [-0.1, -0.05) is 12.1 Å². The third-order valence-electron chi connectivity index (χ3n) is 2.78. The Morgan fingerprint density at radius 3 is 2.65 bits per heavy atom. The molecule has 6 nitrogen and oxygen atoms in total. The molecule has 20 heavy (non-hydrogen) atoms. The second kappa shape index (κ2) is 7.49. The van der Waals surface area contributed by atoms with Gasteiger partial charge < -0.3 is 20.5 Å². The third kappa shape index (κ3) is 4.89. The number of phenols is 1. The number of rotatable bonds is 6. The second-order valence-corrected chi connectivity index (χ2v) is 4.48. The molecule has 1 aromatic rings. The van der Waals surface area contributed by atoms with Gasteiger partial charge in [0.25, 0.3) is 0 Å². The Hall–Kier alpha value is -2.08. The quantitative estimate of drug-likeness (QED) is 0.710. The van der Waals surface area contributed by atoms with Gasteiger partial charge in [-0.05, 0) is 24.6 Å². The number of benzene rings is 1. The summed E-state index contributed by atoms with van der Waals surface area (Å²) in [5.74, 6) is -0.460. The van der Waals surface area contributed by atoms with Gasteiger partial charge in [0.2, 0.25) is 11.8 Å². The van der Waals surface area contributed by atoms with E-state index in [1.165, 1.54) is 14.0 Å². The predicted octanol–water partition coefficient (Wildman–Crippen LogP) is 0.548. The van der Waals surface area contributed by atoms with Crippen LogP contribution in [0.2, 0.25) is 0 Å². The first kappa shape index (κ1) is 16.0. The molecule has 1 aromatic carbocycles. The molecule has 2 amide bonds. The highest BCUT2D eigenvalue weighted by atomic mass is 16.5. The fraction of sp³-hybridized carbons (Fsp3) is 0.429. The molecule has 0 saturated carbocycles. The molecular formula is C14H20N2O4. The van der Waals surface area contributed by atoms with Crippen LogP contribution in [0.4, 0.5) is 0 Å².